The van der Waals surface area contributed by atoms with Crippen molar-refractivity contribution in [2.75, 3.05) is 26.7 Å². The molecule has 18 heavy (non-hydrogen) atoms. The van der Waals surface area contributed by atoms with E-state index in [2.05, 4.69) is 52.3 Å². The minimum absolute atomic E-state index is 0.435. The van der Waals surface area contributed by atoms with Crippen LogP contribution in [0.15, 0.2) is 22.7 Å². The largest absolute Gasteiger partial charge is 0.317 e. The highest BCUT2D eigenvalue weighted by atomic mass is 79.9. The van der Waals surface area contributed by atoms with Gasteiger partial charge in [-0.3, -0.25) is 4.90 Å². The summed E-state index contributed by atoms with van der Waals surface area (Å²) in [5.74, 6) is 0.647. The Morgan fingerprint density at radius 2 is 2.28 bits per heavy atom. The number of benzene rings is 1. The second-order valence-corrected chi connectivity index (χ2v) is 6.27. The van der Waals surface area contributed by atoms with Crippen LogP contribution in [-0.4, -0.2) is 31.6 Å². The predicted octanol–water partition coefficient (Wildman–Crippen LogP) is 3.70. The average molecular weight is 332 g/mol. The molecule has 2 nitrogen and oxygen atoms in total. The van der Waals surface area contributed by atoms with Gasteiger partial charge in [-0.05, 0) is 56.7 Å². The molecule has 0 aliphatic carbocycles. The summed E-state index contributed by atoms with van der Waals surface area (Å²) in [4.78, 5) is 2.41. The molecule has 1 heterocycles. The number of rotatable bonds is 4. The zero-order valence-electron chi connectivity index (χ0n) is 10.9. The van der Waals surface area contributed by atoms with Crippen LogP contribution in [0.25, 0.3) is 0 Å². The number of nitrogens with zero attached hydrogens (tertiary/aromatic N) is 1. The van der Waals surface area contributed by atoms with Crippen molar-refractivity contribution in [3.63, 3.8) is 0 Å². The van der Waals surface area contributed by atoms with Gasteiger partial charge in [0, 0.05) is 15.5 Å². The summed E-state index contributed by atoms with van der Waals surface area (Å²) in [7, 11) is 2.19. The van der Waals surface area contributed by atoms with Crippen LogP contribution in [0, 0.1) is 5.92 Å². The van der Waals surface area contributed by atoms with Crippen molar-refractivity contribution in [1.82, 2.24) is 10.2 Å². The van der Waals surface area contributed by atoms with Crippen LogP contribution in [-0.2, 0) is 0 Å². The topological polar surface area (TPSA) is 15.3 Å². The lowest BCUT2D eigenvalue weighted by Gasteiger charge is -2.26. The molecular weight excluding hydrogens is 312 g/mol. The molecule has 1 aliphatic rings. The number of nitrogens with one attached hydrogen (secondary N) is 1. The van der Waals surface area contributed by atoms with Crippen LogP contribution in [0.5, 0.6) is 0 Å². The van der Waals surface area contributed by atoms with Gasteiger partial charge in [0.2, 0.25) is 0 Å². The molecule has 0 aromatic heterocycles. The lowest BCUT2D eigenvalue weighted by atomic mass is 9.93. The van der Waals surface area contributed by atoms with Gasteiger partial charge in [0.1, 0.15) is 0 Å². The molecule has 1 fully saturated rings. The Morgan fingerprint density at radius 3 is 2.94 bits per heavy atom. The number of likely N-dealkylation sites (tertiary alicyclic amines) is 1. The molecule has 1 aliphatic heterocycles. The normalized spacial score (nSPS) is 24.7. The van der Waals surface area contributed by atoms with E-state index in [0.29, 0.717) is 12.0 Å². The predicted molar refractivity (Wildman–Crippen MR) is 81.2 cm³/mol. The molecule has 100 valence electrons. The molecule has 2 unspecified atom stereocenters. The van der Waals surface area contributed by atoms with E-state index in [1.165, 1.54) is 12.0 Å². The molecule has 0 saturated carbocycles. The van der Waals surface area contributed by atoms with E-state index in [0.717, 1.165) is 29.1 Å². The van der Waals surface area contributed by atoms with Gasteiger partial charge < -0.3 is 5.32 Å². The Kier molecular flexibility index (Phi) is 5.07. The number of halogens is 2. The van der Waals surface area contributed by atoms with E-state index in [1.807, 2.05) is 6.07 Å². The molecule has 0 amide bonds. The van der Waals surface area contributed by atoms with Gasteiger partial charge in [-0.15, -0.1) is 0 Å². The highest BCUT2D eigenvalue weighted by molar-refractivity contribution is 9.10. The van der Waals surface area contributed by atoms with Crippen molar-refractivity contribution in [2.24, 2.45) is 5.92 Å². The average Bonchev–Trinajstić information content (AvgIpc) is 2.68. The Balaban J connectivity index is 2.22. The van der Waals surface area contributed by atoms with Gasteiger partial charge in [-0.25, -0.2) is 0 Å². The van der Waals surface area contributed by atoms with E-state index in [9.17, 15) is 0 Å². The Bertz CT molecular complexity index is 411. The Labute approximate surface area is 123 Å². The molecule has 1 saturated heterocycles. The van der Waals surface area contributed by atoms with Gasteiger partial charge in [0.25, 0.3) is 0 Å². The molecule has 4 heteroatoms. The fraction of sp³-hybridized carbons (Fsp3) is 0.571. The number of hydrogen-bond donors (Lipinski definition) is 1. The third-order valence-corrected chi connectivity index (χ3v) is 4.53. The van der Waals surface area contributed by atoms with Crippen molar-refractivity contribution in [3.05, 3.63) is 33.3 Å². The van der Waals surface area contributed by atoms with E-state index >= 15 is 0 Å². The van der Waals surface area contributed by atoms with Gasteiger partial charge in [-0.2, -0.15) is 0 Å². The molecule has 2 rings (SSSR count). The third kappa shape index (κ3) is 3.08. The zero-order valence-corrected chi connectivity index (χ0v) is 13.3. The second kappa shape index (κ2) is 6.38. The maximum absolute atomic E-state index is 6.40. The molecule has 0 radical (unpaired) electrons. The highest BCUT2D eigenvalue weighted by Gasteiger charge is 2.33. The smallest absolute Gasteiger partial charge is 0.0465 e. The fourth-order valence-electron chi connectivity index (χ4n) is 2.80. The van der Waals surface area contributed by atoms with Gasteiger partial charge in [0.15, 0.2) is 0 Å². The quantitative estimate of drug-likeness (QED) is 0.905. The molecule has 1 aromatic rings. The van der Waals surface area contributed by atoms with Crippen molar-refractivity contribution in [3.8, 4) is 0 Å². The van der Waals surface area contributed by atoms with Crippen molar-refractivity contribution in [1.29, 1.82) is 0 Å². The van der Waals surface area contributed by atoms with Crippen LogP contribution >= 0.6 is 27.5 Å². The summed E-state index contributed by atoms with van der Waals surface area (Å²) in [6, 6.07) is 6.66. The van der Waals surface area contributed by atoms with Gasteiger partial charge in [0.05, 0.1) is 0 Å². The summed E-state index contributed by atoms with van der Waals surface area (Å²) in [5.41, 5.74) is 1.25. The SMILES string of the molecule is CCNCC1CCN(C)C1c1ccc(Br)cc1Cl. The molecule has 0 bridgehead atoms. The molecule has 0 spiro atoms. The first kappa shape index (κ1) is 14.3. The Morgan fingerprint density at radius 1 is 1.50 bits per heavy atom. The monoisotopic (exact) mass is 330 g/mol. The van der Waals surface area contributed by atoms with Crippen LogP contribution in [0.3, 0.4) is 0 Å². The minimum atomic E-state index is 0.435. The van der Waals surface area contributed by atoms with E-state index in [4.69, 9.17) is 11.6 Å². The maximum Gasteiger partial charge on any atom is 0.0465 e. The Hall–Kier alpha value is -0.0900. The molecule has 1 N–H and O–H groups in total. The van der Waals surface area contributed by atoms with Crippen LogP contribution < -0.4 is 5.32 Å². The lowest BCUT2D eigenvalue weighted by molar-refractivity contribution is 0.273. The summed E-state index contributed by atoms with van der Waals surface area (Å²) >= 11 is 9.86. The molecule has 1 aromatic carbocycles. The third-order valence-electron chi connectivity index (χ3n) is 3.71. The zero-order chi connectivity index (χ0) is 13.1. The highest BCUT2D eigenvalue weighted by Crippen LogP contribution is 2.39. The second-order valence-electron chi connectivity index (χ2n) is 4.95. The van der Waals surface area contributed by atoms with Gasteiger partial charge in [-0.1, -0.05) is 40.5 Å². The van der Waals surface area contributed by atoms with Crippen LogP contribution in [0.4, 0.5) is 0 Å². The summed E-state index contributed by atoms with van der Waals surface area (Å²) in [5, 5.41) is 4.33. The van der Waals surface area contributed by atoms with E-state index in [-0.39, 0.29) is 0 Å². The van der Waals surface area contributed by atoms with Crippen molar-refractivity contribution < 1.29 is 0 Å². The van der Waals surface area contributed by atoms with E-state index in [1.54, 1.807) is 0 Å². The first-order valence-electron chi connectivity index (χ1n) is 6.49. The first-order chi connectivity index (χ1) is 8.63. The van der Waals surface area contributed by atoms with Crippen molar-refractivity contribution >= 4 is 27.5 Å². The van der Waals surface area contributed by atoms with Crippen molar-refractivity contribution in [2.45, 2.75) is 19.4 Å². The standard InChI is InChI=1S/C14H20BrClN2/c1-3-17-9-10-6-7-18(2)14(10)12-5-4-11(15)8-13(12)16/h4-5,8,10,14,17H,3,6-7,9H2,1-2H3. The molecule has 2 atom stereocenters. The summed E-state index contributed by atoms with van der Waals surface area (Å²) in [6.45, 7) is 5.40. The lowest BCUT2D eigenvalue weighted by Crippen LogP contribution is -2.28. The van der Waals surface area contributed by atoms with Crippen LogP contribution in [0.2, 0.25) is 5.02 Å². The van der Waals surface area contributed by atoms with Gasteiger partial charge >= 0.3 is 0 Å². The van der Waals surface area contributed by atoms with E-state index < -0.39 is 0 Å². The summed E-state index contributed by atoms with van der Waals surface area (Å²) < 4.78 is 1.04. The number of hydrogen-bond acceptors (Lipinski definition) is 2. The first-order valence-corrected chi connectivity index (χ1v) is 7.66. The van der Waals surface area contributed by atoms with Crippen LogP contribution in [0.1, 0.15) is 24.9 Å². The minimum Gasteiger partial charge on any atom is -0.317 e. The summed E-state index contributed by atoms with van der Waals surface area (Å²) in [6.07, 6.45) is 1.24. The fourth-order valence-corrected chi connectivity index (χ4v) is 3.59. The maximum atomic E-state index is 6.40. The molecular formula is C14H20BrClN2.